The van der Waals surface area contributed by atoms with Gasteiger partial charge >= 0.3 is 0 Å². The van der Waals surface area contributed by atoms with Crippen LogP contribution >= 0.6 is 0 Å². The molecule has 1 atom stereocenters. The van der Waals surface area contributed by atoms with Crippen molar-refractivity contribution in [2.75, 3.05) is 20.3 Å². The molecule has 1 aromatic carbocycles. The van der Waals surface area contributed by atoms with Gasteiger partial charge < -0.3 is 19.8 Å². The lowest BCUT2D eigenvalue weighted by atomic mass is 10.1. The maximum Gasteiger partial charge on any atom is 0.123 e. The smallest absolute Gasteiger partial charge is 0.123 e. The fourth-order valence-electron chi connectivity index (χ4n) is 2.06. The van der Waals surface area contributed by atoms with Gasteiger partial charge in [0.1, 0.15) is 11.5 Å². The van der Waals surface area contributed by atoms with Crippen LogP contribution in [0.15, 0.2) is 42.6 Å². The van der Waals surface area contributed by atoms with Crippen LogP contribution in [0, 0.1) is 0 Å². The van der Waals surface area contributed by atoms with E-state index in [2.05, 4.69) is 10.6 Å². The van der Waals surface area contributed by atoms with Crippen molar-refractivity contribution in [2.45, 2.75) is 5.92 Å². The molecule has 2 N–H and O–H groups in total. The van der Waals surface area contributed by atoms with E-state index in [4.69, 9.17) is 15.2 Å². The monoisotopic (exact) mass is 260 g/mol. The number of aromatic nitrogens is 1. The quantitative estimate of drug-likeness (QED) is 0.866. The summed E-state index contributed by atoms with van der Waals surface area (Å²) in [5.41, 5.74) is 7.02. The minimum Gasteiger partial charge on any atom is -0.497 e. The van der Waals surface area contributed by atoms with Crippen molar-refractivity contribution in [3.05, 3.63) is 48.3 Å². The third kappa shape index (κ3) is 3.29. The lowest BCUT2D eigenvalue weighted by Gasteiger charge is -2.17. The number of hydrogen-bond acceptors (Lipinski definition) is 3. The molecule has 0 aliphatic heterocycles. The van der Waals surface area contributed by atoms with Gasteiger partial charge in [0.25, 0.3) is 0 Å². The molecule has 0 aliphatic rings. The molecule has 0 saturated heterocycles. The van der Waals surface area contributed by atoms with Gasteiger partial charge in [-0.25, -0.2) is 0 Å². The first kappa shape index (κ1) is 13.5. The minimum atomic E-state index is 0.186. The Balaban J connectivity index is 2.02. The predicted octanol–water partition coefficient (Wildman–Crippen LogP) is 2.16. The average molecular weight is 260 g/mol. The Morgan fingerprint density at radius 1 is 1.21 bits per heavy atom. The van der Waals surface area contributed by atoms with E-state index < -0.39 is 0 Å². The molecule has 0 radical (unpaired) electrons. The topological polar surface area (TPSA) is 49.4 Å². The molecule has 0 amide bonds. The number of nitrogens with two attached hydrogens (primary N) is 1. The molecule has 0 aliphatic carbocycles. The van der Waals surface area contributed by atoms with Gasteiger partial charge in [-0.15, -0.1) is 0 Å². The van der Waals surface area contributed by atoms with Crippen LogP contribution in [0.2, 0.25) is 0 Å². The largest absolute Gasteiger partial charge is 0.497 e. The first-order valence-electron chi connectivity index (χ1n) is 6.32. The molecule has 4 nitrogen and oxygen atoms in total. The summed E-state index contributed by atoms with van der Waals surface area (Å²) >= 11 is 0. The zero-order chi connectivity index (χ0) is 13.7. The number of ether oxygens (including phenoxy) is 2. The number of nitrogens with zero attached hydrogens (tertiary/aromatic N) is 1. The summed E-state index contributed by atoms with van der Waals surface area (Å²) in [6.07, 6.45) is 2.02. The van der Waals surface area contributed by atoms with E-state index in [-0.39, 0.29) is 5.92 Å². The summed E-state index contributed by atoms with van der Waals surface area (Å²) in [7, 11) is 3.66. The molecule has 0 fully saturated rings. The highest BCUT2D eigenvalue weighted by Crippen LogP contribution is 2.21. The Labute approximate surface area is 113 Å². The third-order valence-corrected chi connectivity index (χ3v) is 3.18. The van der Waals surface area contributed by atoms with Crippen LogP contribution in [-0.4, -0.2) is 24.8 Å². The van der Waals surface area contributed by atoms with E-state index in [1.54, 1.807) is 7.11 Å². The second-order valence-corrected chi connectivity index (χ2v) is 4.47. The van der Waals surface area contributed by atoms with Crippen molar-refractivity contribution in [1.82, 2.24) is 4.57 Å². The molecule has 1 unspecified atom stereocenters. The molecule has 0 saturated carbocycles. The molecular formula is C15H20N2O2. The number of methoxy groups -OCH3 is 1. The van der Waals surface area contributed by atoms with Crippen molar-refractivity contribution < 1.29 is 9.47 Å². The van der Waals surface area contributed by atoms with Gasteiger partial charge in [0.2, 0.25) is 0 Å². The van der Waals surface area contributed by atoms with Gasteiger partial charge in [-0.05, 0) is 24.3 Å². The summed E-state index contributed by atoms with van der Waals surface area (Å²) in [6.45, 7) is 1.11. The molecule has 4 heteroatoms. The second-order valence-electron chi connectivity index (χ2n) is 4.47. The van der Waals surface area contributed by atoms with E-state index >= 15 is 0 Å². The fraction of sp³-hybridized carbons (Fsp3) is 0.333. The van der Waals surface area contributed by atoms with Crippen LogP contribution in [-0.2, 0) is 7.05 Å². The van der Waals surface area contributed by atoms with Gasteiger partial charge in [-0.2, -0.15) is 0 Å². The first-order valence-corrected chi connectivity index (χ1v) is 6.32. The minimum absolute atomic E-state index is 0.186. The Morgan fingerprint density at radius 2 is 2.00 bits per heavy atom. The Hall–Kier alpha value is -1.94. The van der Waals surface area contributed by atoms with E-state index in [1.807, 2.05) is 43.6 Å². The highest BCUT2D eigenvalue weighted by molar-refractivity contribution is 5.33. The molecule has 2 aromatic rings. The summed E-state index contributed by atoms with van der Waals surface area (Å²) in [6, 6.07) is 11.7. The average Bonchev–Trinajstić information content (AvgIpc) is 2.86. The van der Waals surface area contributed by atoms with Gasteiger partial charge in [-0.3, -0.25) is 0 Å². The fourth-order valence-corrected chi connectivity index (χ4v) is 2.06. The van der Waals surface area contributed by atoms with Crippen molar-refractivity contribution in [3.63, 3.8) is 0 Å². The molecule has 0 bridgehead atoms. The zero-order valence-electron chi connectivity index (χ0n) is 11.4. The van der Waals surface area contributed by atoms with Crippen LogP contribution < -0.4 is 15.2 Å². The van der Waals surface area contributed by atoms with Crippen LogP contribution in [0.3, 0.4) is 0 Å². The van der Waals surface area contributed by atoms with Gasteiger partial charge in [0.05, 0.1) is 13.7 Å². The van der Waals surface area contributed by atoms with Crippen molar-refractivity contribution >= 4 is 0 Å². The molecule has 1 aromatic heterocycles. The van der Waals surface area contributed by atoms with Gasteiger partial charge in [-0.1, -0.05) is 6.07 Å². The molecule has 102 valence electrons. The van der Waals surface area contributed by atoms with Crippen LogP contribution in [0.4, 0.5) is 0 Å². The zero-order valence-corrected chi connectivity index (χ0v) is 11.4. The number of rotatable bonds is 6. The van der Waals surface area contributed by atoms with E-state index in [9.17, 15) is 0 Å². The molecule has 2 rings (SSSR count). The SMILES string of the molecule is COc1cccc(OCC(CN)c2cccn2C)c1. The summed E-state index contributed by atoms with van der Waals surface area (Å²) < 4.78 is 13.1. The van der Waals surface area contributed by atoms with E-state index in [0.717, 1.165) is 11.5 Å². The van der Waals surface area contributed by atoms with Gasteiger partial charge in [0.15, 0.2) is 0 Å². The van der Waals surface area contributed by atoms with Crippen LogP contribution in [0.5, 0.6) is 11.5 Å². The molecule has 1 heterocycles. The summed E-state index contributed by atoms with van der Waals surface area (Å²) in [5, 5.41) is 0. The number of aryl methyl sites for hydroxylation is 1. The third-order valence-electron chi connectivity index (χ3n) is 3.18. The van der Waals surface area contributed by atoms with E-state index in [1.165, 1.54) is 5.69 Å². The molecule has 19 heavy (non-hydrogen) atoms. The number of hydrogen-bond donors (Lipinski definition) is 1. The van der Waals surface area contributed by atoms with Gasteiger partial charge in [0, 0.05) is 37.5 Å². The molecular weight excluding hydrogens is 240 g/mol. The standard InChI is InChI=1S/C15H20N2O2/c1-17-8-4-7-15(17)12(10-16)11-19-14-6-3-5-13(9-14)18-2/h3-9,12H,10-11,16H2,1-2H3. The maximum atomic E-state index is 5.84. The number of benzene rings is 1. The van der Waals surface area contributed by atoms with Crippen LogP contribution in [0.1, 0.15) is 11.6 Å². The maximum absolute atomic E-state index is 5.84. The van der Waals surface area contributed by atoms with Crippen LogP contribution in [0.25, 0.3) is 0 Å². The highest BCUT2D eigenvalue weighted by Gasteiger charge is 2.13. The Bertz CT molecular complexity index is 522. The first-order chi connectivity index (χ1) is 9.24. The lowest BCUT2D eigenvalue weighted by molar-refractivity contribution is 0.284. The Kier molecular flexibility index (Phi) is 4.47. The van der Waals surface area contributed by atoms with Crippen molar-refractivity contribution in [2.24, 2.45) is 12.8 Å². The summed E-state index contributed by atoms with van der Waals surface area (Å²) in [5.74, 6) is 1.78. The second kappa shape index (κ2) is 6.29. The summed E-state index contributed by atoms with van der Waals surface area (Å²) in [4.78, 5) is 0. The van der Waals surface area contributed by atoms with Crippen molar-refractivity contribution in [1.29, 1.82) is 0 Å². The van der Waals surface area contributed by atoms with E-state index in [0.29, 0.717) is 13.2 Å². The lowest BCUT2D eigenvalue weighted by Crippen LogP contribution is -2.21. The van der Waals surface area contributed by atoms with Crippen molar-refractivity contribution in [3.8, 4) is 11.5 Å². The normalized spacial score (nSPS) is 12.2. The predicted molar refractivity (Wildman–Crippen MR) is 75.7 cm³/mol. The molecule has 0 spiro atoms. The highest BCUT2D eigenvalue weighted by atomic mass is 16.5. The Morgan fingerprint density at radius 3 is 2.63 bits per heavy atom.